The molecule has 35 unspecified atom stereocenters. The molecule has 17 fully saturated rings. The van der Waals surface area contributed by atoms with Gasteiger partial charge < -0.3 is 59.7 Å². The Morgan fingerprint density at radius 2 is 0.453 bits per heavy atom. The second-order valence-corrected chi connectivity index (χ2v) is 56.6. The van der Waals surface area contributed by atoms with Gasteiger partial charge in [0.2, 0.25) is 0 Å². The highest BCUT2D eigenvalue weighted by atomic mass is 16.3. The van der Waals surface area contributed by atoms with Crippen molar-refractivity contribution in [2.45, 2.75) is 502 Å². The summed E-state index contributed by atoms with van der Waals surface area (Å²) in [5.74, 6) is 21.2. The number of Topliss-reactive ketones (excluding diaryl/α,β-unsaturated/α-hetero) is 5. The van der Waals surface area contributed by atoms with Crippen molar-refractivity contribution < 1.29 is 59.7 Å². The Bertz CT molecular complexity index is 3950. The fourth-order valence-electron chi connectivity index (χ4n) is 42.5. The first-order valence-electron chi connectivity index (χ1n) is 58.9. The molecule has 17 saturated carbocycles. The molecular weight excluding hydrogens is 1690 g/mol. The molecule has 0 heterocycles. The smallest absolute Gasteiger partial charge is 0.129 e. The lowest BCUT2D eigenvalue weighted by Gasteiger charge is -2.62. The van der Waals surface area contributed by atoms with Crippen molar-refractivity contribution in [3.63, 3.8) is 0 Å². The van der Waals surface area contributed by atoms with E-state index in [0.717, 1.165) is 261 Å². The van der Waals surface area contributed by atoms with Crippen molar-refractivity contribution in [1.29, 1.82) is 0 Å². The van der Waals surface area contributed by atoms with Crippen LogP contribution in [0.25, 0.3) is 0 Å². The van der Waals surface area contributed by atoms with Crippen LogP contribution in [-0.2, 0) is 24.0 Å². The third kappa shape index (κ3) is 20.1. The van der Waals surface area contributed by atoms with E-state index in [1.807, 2.05) is 0 Å². The molecule has 0 aliphatic heterocycles. The number of rotatable bonds is 20. The van der Waals surface area contributed by atoms with Crippen LogP contribution in [0.15, 0.2) is 34.9 Å². The second-order valence-electron chi connectivity index (χ2n) is 56.6. The predicted molar refractivity (Wildman–Crippen MR) is 554 cm³/mol. The summed E-state index contributed by atoms with van der Waals surface area (Å²) < 4.78 is 0. The van der Waals surface area contributed by atoms with E-state index in [9.17, 15) is 59.7 Å². The minimum Gasteiger partial charge on any atom is -0.393 e. The number of aliphatic hydroxyl groups excluding tert-OH is 7. The topological polar surface area (TPSA) is 227 Å². The first-order valence-corrected chi connectivity index (χ1v) is 58.9. The van der Waals surface area contributed by atoms with Crippen LogP contribution in [0.3, 0.4) is 0 Å². The third-order valence-corrected chi connectivity index (χ3v) is 50.1. The lowest BCUT2D eigenvalue weighted by molar-refractivity contribution is -0.172. The molecule has 0 aromatic heterocycles. The highest BCUT2D eigenvalue weighted by Crippen LogP contribution is 2.75. The fraction of sp³-hybridized carbons (Fsp3) is 0.912. The van der Waals surface area contributed by atoms with Crippen molar-refractivity contribution >= 4 is 28.9 Å². The highest BCUT2D eigenvalue weighted by molar-refractivity contribution is 5.76. The van der Waals surface area contributed by atoms with Crippen molar-refractivity contribution in [1.82, 2.24) is 0 Å². The zero-order valence-corrected chi connectivity index (χ0v) is 90.9. The van der Waals surface area contributed by atoms with Crippen LogP contribution < -0.4 is 0 Å². The Hall–Kier alpha value is -2.71. The number of fused-ring (bicyclic) bond motifs is 25. The third-order valence-electron chi connectivity index (χ3n) is 50.1. The molecule has 0 aromatic rings. The van der Waals surface area contributed by atoms with Crippen LogP contribution in [0.2, 0.25) is 0 Å². The Morgan fingerprint density at radius 1 is 0.248 bits per heavy atom. The van der Waals surface area contributed by atoms with Gasteiger partial charge in [-0.3, -0.25) is 0 Å². The van der Waals surface area contributed by atoms with Gasteiger partial charge in [0.25, 0.3) is 0 Å². The van der Waals surface area contributed by atoms with E-state index < -0.39 is 0 Å². The molecule has 20 rings (SSSR count). The molecule has 0 spiro atoms. The summed E-state index contributed by atoms with van der Waals surface area (Å²) in [6.07, 6.45) is 63.0. The zero-order chi connectivity index (χ0) is 98.7. The summed E-state index contributed by atoms with van der Waals surface area (Å²) >= 11 is 0. The average molecular weight is 1900 g/mol. The number of hydrogen-bond acceptors (Lipinski definition) is 12. The molecule has 7 N–H and O–H groups in total. The number of aliphatic hydroxyl groups is 7. The van der Waals surface area contributed by atoms with Gasteiger partial charge in [-0.2, -0.15) is 0 Å². The molecule has 20 aliphatic rings. The second kappa shape index (κ2) is 41.8. The molecule has 12 heteroatoms. The van der Waals surface area contributed by atoms with Gasteiger partial charge in [-0.1, -0.05) is 139 Å². The van der Waals surface area contributed by atoms with Crippen LogP contribution in [0.4, 0.5) is 0 Å². The van der Waals surface area contributed by atoms with Gasteiger partial charge in [-0.15, -0.1) is 0 Å². The largest absolute Gasteiger partial charge is 0.393 e. The normalized spacial score (nSPS) is 49.2. The van der Waals surface area contributed by atoms with E-state index in [4.69, 9.17) is 0 Å². The maximum atomic E-state index is 11.5. The van der Waals surface area contributed by atoms with E-state index in [1.165, 1.54) is 167 Å². The molecule has 0 radical (unpaired) electrons. The number of carbonyl (C=O) groups excluding carboxylic acids is 5. The Morgan fingerprint density at radius 3 is 0.686 bits per heavy atom. The quantitative estimate of drug-likeness (QED) is 0.0565. The monoisotopic (exact) mass is 1900 g/mol. The standard InChI is InChI=1S/2C25H42O3.3C25H40O2/c2*1-15(5-6-16(2)26)19-7-8-20-18-14-23(28)22-13-17(27)9-11-25(22,4)21(18)10-12-24(19,20)3;3*1-16(5-6-17(2)26)21-9-10-22-20-8-7-18-15-19(27)11-13-24(18,3)23(20)12-14-25(21,22)4/h2*15,17-23,27-28H,5-14H2,1-4H3;3*7,16,19-23,27H,5-6,8-15H2,1-4H3/t2*15?,17-,18?,19?,20?,21?,22+,23+,24?,25?;3*16?,19-,20?,21?,22?,23?,24?,25?/m11000/s1. The minimum atomic E-state index is -0.238. The van der Waals surface area contributed by atoms with E-state index in [0.29, 0.717) is 114 Å². The lowest BCUT2D eigenvalue weighted by atomic mass is 9.43. The molecule has 0 aromatic carbocycles. The molecule has 0 saturated heterocycles. The van der Waals surface area contributed by atoms with Crippen molar-refractivity contribution in [2.75, 3.05) is 0 Å². The van der Waals surface area contributed by atoms with Crippen LogP contribution in [0.1, 0.15) is 460 Å². The van der Waals surface area contributed by atoms with Gasteiger partial charge in [0.05, 0.1) is 42.7 Å². The lowest BCUT2D eigenvalue weighted by Crippen LogP contribution is -2.58. The van der Waals surface area contributed by atoms with Crippen molar-refractivity contribution in [3.8, 4) is 0 Å². The summed E-state index contributed by atoms with van der Waals surface area (Å²) in [4.78, 5) is 57.4. The van der Waals surface area contributed by atoms with Crippen molar-refractivity contribution in [2.24, 2.45) is 214 Å². The summed E-state index contributed by atoms with van der Waals surface area (Å²) in [5.41, 5.74) is 8.41. The summed E-state index contributed by atoms with van der Waals surface area (Å²) in [7, 11) is 0. The minimum absolute atomic E-state index is 0.104. The summed E-state index contributed by atoms with van der Waals surface area (Å²) in [5, 5.41) is 73.2. The van der Waals surface area contributed by atoms with E-state index in [-0.39, 0.29) is 65.4 Å². The molecule has 20 aliphatic carbocycles. The molecule has 0 bridgehead atoms. The molecule has 0 amide bonds. The molecule has 776 valence electrons. The summed E-state index contributed by atoms with van der Waals surface area (Å²) in [6, 6.07) is 0. The average Bonchev–Trinajstić information content (AvgIpc) is 1.55. The Labute approximate surface area is 834 Å². The molecule has 12 nitrogen and oxygen atoms in total. The highest BCUT2D eigenvalue weighted by Gasteiger charge is 2.68. The first kappa shape index (κ1) is 107. The van der Waals surface area contributed by atoms with Gasteiger partial charge in [0, 0.05) is 32.1 Å². The molecule has 137 heavy (non-hydrogen) atoms. The van der Waals surface area contributed by atoms with E-state index in [1.54, 1.807) is 51.3 Å². The van der Waals surface area contributed by atoms with Gasteiger partial charge in [-0.05, 0) is 537 Å². The van der Waals surface area contributed by atoms with E-state index >= 15 is 0 Å². The van der Waals surface area contributed by atoms with Crippen LogP contribution in [-0.4, -0.2) is 107 Å². The number of hydrogen-bond donors (Lipinski definition) is 7. The van der Waals surface area contributed by atoms with Gasteiger partial charge >= 0.3 is 0 Å². The molecule has 44 atom stereocenters. The zero-order valence-electron chi connectivity index (χ0n) is 90.9. The van der Waals surface area contributed by atoms with E-state index in [2.05, 4.69) is 122 Å². The Balaban J connectivity index is 0.000000124. The maximum Gasteiger partial charge on any atom is 0.129 e. The van der Waals surface area contributed by atoms with Crippen LogP contribution in [0, 0.1) is 214 Å². The predicted octanol–water partition coefficient (Wildman–Crippen LogP) is 27.8. The Kier molecular flexibility index (Phi) is 32.6. The van der Waals surface area contributed by atoms with Gasteiger partial charge in [0.15, 0.2) is 0 Å². The summed E-state index contributed by atoms with van der Waals surface area (Å²) in [6.45, 7) is 46.0. The van der Waals surface area contributed by atoms with Crippen LogP contribution in [0.5, 0.6) is 0 Å². The first-order chi connectivity index (χ1) is 64.6. The van der Waals surface area contributed by atoms with Crippen molar-refractivity contribution in [3.05, 3.63) is 34.9 Å². The van der Waals surface area contributed by atoms with Crippen LogP contribution >= 0.6 is 0 Å². The maximum absolute atomic E-state index is 11.5. The number of ketones is 5. The number of carbonyl (C=O) groups is 5. The number of allylic oxidation sites excluding steroid dienone is 3. The van der Waals surface area contributed by atoms with Gasteiger partial charge in [0.1, 0.15) is 28.9 Å². The SMILES string of the molecule is CC(=O)CCC(C)C1CCC2C3CC=C4C[C@@H](O)CCC4(C)C3CCC12C.CC(=O)CCC(C)C1CCC2C3CC=C4C[C@@H](O)CCC4(C)C3CCC12C.CC(=O)CCC(C)C1CCC2C3CC=C4C[C@@H](O)CCC4(C)C3CCC12C.CC(=O)CCC(C)C1CCC2C3C[C@H](O)[C@@H]4C[C@H](O)CCC4(C)C3CCC12C.CC(=O)CCC(C)C1CCC2C3C[C@H](O)[C@@H]4C[C@H](O)CCC4(C)C3CCC12C. The van der Waals surface area contributed by atoms with Gasteiger partial charge in [-0.25, -0.2) is 0 Å². The fourth-order valence-corrected chi connectivity index (χ4v) is 42.5. The molecular formula is C125H204O12.